The van der Waals surface area contributed by atoms with Crippen LogP contribution < -0.4 is 5.32 Å². The Kier molecular flexibility index (Phi) is 1.92. The van der Waals surface area contributed by atoms with Crippen LogP contribution in [0.5, 0.6) is 0 Å². The molecule has 1 heterocycles. The van der Waals surface area contributed by atoms with Crippen molar-refractivity contribution in [2.75, 3.05) is 6.54 Å². The van der Waals surface area contributed by atoms with Gasteiger partial charge in [0.25, 0.3) is 0 Å². The van der Waals surface area contributed by atoms with Crippen LogP contribution in [0.3, 0.4) is 0 Å². The fraction of sp³-hybridized carbons (Fsp3) is 0.500. The lowest BCUT2D eigenvalue weighted by atomic mass is 9.74. The second kappa shape index (κ2) is 2.85. The minimum absolute atomic E-state index is 0.284. The number of benzene rings is 1. The van der Waals surface area contributed by atoms with E-state index in [1.165, 1.54) is 11.1 Å². The van der Waals surface area contributed by atoms with Crippen molar-refractivity contribution < 1.29 is 0 Å². The van der Waals surface area contributed by atoms with Gasteiger partial charge in [-0.15, -0.1) is 0 Å². The topological polar surface area (TPSA) is 12.0 Å². The molecule has 0 bridgehead atoms. The maximum atomic E-state index is 3.46. The van der Waals surface area contributed by atoms with Crippen LogP contribution in [0.4, 0.5) is 0 Å². The van der Waals surface area contributed by atoms with Gasteiger partial charge < -0.3 is 5.32 Å². The molecule has 1 aromatic carbocycles. The second-order valence-electron chi connectivity index (χ2n) is 4.51. The number of aryl methyl sites for hydroxylation is 1. The highest BCUT2D eigenvalue weighted by atomic mass is 15.1. The van der Waals surface area contributed by atoms with E-state index in [4.69, 9.17) is 0 Å². The molecule has 13 heavy (non-hydrogen) atoms. The SMILES string of the molecule is Cc1ccccc1C1CNC1(C)C. The van der Waals surface area contributed by atoms with E-state index in [1.54, 1.807) is 0 Å². The van der Waals surface area contributed by atoms with Gasteiger partial charge in [0.2, 0.25) is 0 Å². The highest BCUT2D eigenvalue weighted by molar-refractivity contribution is 5.34. The van der Waals surface area contributed by atoms with E-state index < -0.39 is 0 Å². The van der Waals surface area contributed by atoms with Crippen LogP contribution >= 0.6 is 0 Å². The molecule has 1 atom stereocenters. The fourth-order valence-corrected chi connectivity index (χ4v) is 2.09. The standard InChI is InChI=1S/C12H17N/c1-9-6-4-5-7-10(9)11-8-13-12(11,2)3/h4-7,11,13H,8H2,1-3H3. The summed E-state index contributed by atoms with van der Waals surface area (Å²) in [7, 11) is 0. The van der Waals surface area contributed by atoms with E-state index >= 15 is 0 Å². The molecule has 1 fully saturated rings. The average Bonchev–Trinajstić information content (AvgIpc) is 2.07. The predicted molar refractivity (Wildman–Crippen MR) is 56.0 cm³/mol. The maximum Gasteiger partial charge on any atom is 0.0206 e. The first-order valence-corrected chi connectivity index (χ1v) is 4.92. The lowest BCUT2D eigenvalue weighted by molar-refractivity contribution is 0.207. The van der Waals surface area contributed by atoms with Gasteiger partial charge in [-0.1, -0.05) is 24.3 Å². The van der Waals surface area contributed by atoms with Crippen molar-refractivity contribution in [3.63, 3.8) is 0 Å². The molecule has 1 N–H and O–H groups in total. The normalized spacial score (nSPS) is 25.3. The van der Waals surface area contributed by atoms with E-state index in [9.17, 15) is 0 Å². The molecule has 0 amide bonds. The van der Waals surface area contributed by atoms with Crippen LogP contribution in [-0.4, -0.2) is 12.1 Å². The van der Waals surface area contributed by atoms with Crippen LogP contribution in [0.1, 0.15) is 30.9 Å². The van der Waals surface area contributed by atoms with Gasteiger partial charge in [0.15, 0.2) is 0 Å². The molecular weight excluding hydrogens is 158 g/mol. The van der Waals surface area contributed by atoms with Crippen LogP contribution in [-0.2, 0) is 0 Å². The van der Waals surface area contributed by atoms with E-state index in [2.05, 4.69) is 50.4 Å². The molecule has 1 aliphatic rings. The van der Waals surface area contributed by atoms with Crippen molar-refractivity contribution in [3.8, 4) is 0 Å². The quantitative estimate of drug-likeness (QED) is 0.691. The van der Waals surface area contributed by atoms with Gasteiger partial charge in [-0.25, -0.2) is 0 Å². The summed E-state index contributed by atoms with van der Waals surface area (Å²) in [5, 5.41) is 3.46. The molecule has 0 aliphatic carbocycles. The summed E-state index contributed by atoms with van der Waals surface area (Å²) in [5.74, 6) is 0.689. The van der Waals surface area contributed by atoms with Crippen LogP contribution in [0.25, 0.3) is 0 Å². The van der Waals surface area contributed by atoms with Crippen molar-refractivity contribution in [2.24, 2.45) is 0 Å². The van der Waals surface area contributed by atoms with E-state index in [1.807, 2.05) is 0 Å². The third-order valence-corrected chi connectivity index (χ3v) is 3.20. The summed E-state index contributed by atoms with van der Waals surface area (Å²) in [6, 6.07) is 8.70. The molecule has 0 radical (unpaired) electrons. The molecule has 0 aromatic heterocycles. The van der Waals surface area contributed by atoms with Gasteiger partial charge in [-0.3, -0.25) is 0 Å². The smallest absolute Gasteiger partial charge is 0.0206 e. The zero-order valence-corrected chi connectivity index (χ0v) is 8.59. The lowest BCUT2D eigenvalue weighted by Crippen LogP contribution is -2.59. The molecule has 70 valence electrons. The Labute approximate surface area is 80.2 Å². The number of nitrogens with one attached hydrogen (secondary N) is 1. The molecule has 1 unspecified atom stereocenters. The van der Waals surface area contributed by atoms with Gasteiger partial charge in [0.05, 0.1) is 0 Å². The summed E-state index contributed by atoms with van der Waals surface area (Å²) in [6.45, 7) is 7.86. The number of hydrogen-bond acceptors (Lipinski definition) is 1. The third-order valence-electron chi connectivity index (χ3n) is 3.20. The average molecular weight is 175 g/mol. The van der Waals surface area contributed by atoms with Gasteiger partial charge >= 0.3 is 0 Å². The van der Waals surface area contributed by atoms with Crippen molar-refractivity contribution >= 4 is 0 Å². The molecule has 0 spiro atoms. The largest absolute Gasteiger partial charge is 0.310 e. The first-order valence-electron chi connectivity index (χ1n) is 4.92. The molecule has 1 nitrogen and oxygen atoms in total. The van der Waals surface area contributed by atoms with Gasteiger partial charge in [-0.05, 0) is 31.9 Å². The number of rotatable bonds is 1. The first kappa shape index (κ1) is 8.76. The van der Waals surface area contributed by atoms with Gasteiger partial charge in [0.1, 0.15) is 0 Å². The van der Waals surface area contributed by atoms with Crippen molar-refractivity contribution in [1.82, 2.24) is 5.32 Å². The molecule has 0 saturated carbocycles. The first-order chi connectivity index (χ1) is 6.11. The van der Waals surface area contributed by atoms with Crippen molar-refractivity contribution in [1.29, 1.82) is 0 Å². The van der Waals surface area contributed by atoms with E-state index in [-0.39, 0.29) is 5.54 Å². The molecular formula is C12H17N. The zero-order valence-electron chi connectivity index (χ0n) is 8.59. The minimum atomic E-state index is 0.284. The molecule has 2 rings (SSSR count). The number of hydrogen-bond donors (Lipinski definition) is 1. The Morgan fingerprint density at radius 1 is 1.31 bits per heavy atom. The minimum Gasteiger partial charge on any atom is -0.310 e. The Balaban J connectivity index is 2.32. The molecule has 1 aromatic rings. The summed E-state index contributed by atoms with van der Waals surface area (Å²) in [4.78, 5) is 0. The predicted octanol–water partition coefficient (Wildman–Crippen LogP) is 2.46. The Morgan fingerprint density at radius 3 is 2.46 bits per heavy atom. The summed E-state index contributed by atoms with van der Waals surface area (Å²) < 4.78 is 0. The van der Waals surface area contributed by atoms with Crippen LogP contribution in [0.2, 0.25) is 0 Å². The fourth-order valence-electron chi connectivity index (χ4n) is 2.09. The van der Waals surface area contributed by atoms with Gasteiger partial charge in [-0.2, -0.15) is 0 Å². The van der Waals surface area contributed by atoms with Crippen LogP contribution in [0, 0.1) is 6.92 Å². The molecule has 1 saturated heterocycles. The summed E-state index contributed by atoms with van der Waals surface area (Å²) in [5.41, 5.74) is 3.21. The monoisotopic (exact) mass is 175 g/mol. The van der Waals surface area contributed by atoms with Gasteiger partial charge in [0, 0.05) is 18.0 Å². The third kappa shape index (κ3) is 1.37. The zero-order chi connectivity index (χ0) is 9.47. The summed E-state index contributed by atoms with van der Waals surface area (Å²) >= 11 is 0. The Hall–Kier alpha value is -0.820. The van der Waals surface area contributed by atoms with E-state index in [0.717, 1.165) is 6.54 Å². The highest BCUT2D eigenvalue weighted by Gasteiger charge is 2.39. The lowest BCUT2D eigenvalue weighted by Gasteiger charge is -2.46. The van der Waals surface area contributed by atoms with Crippen LogP contribution in [0.15, 0.2) is 24.3 Å². The molecule has 1 heteroatoms. The highest BCUT2D eigenvalue weighted by Crippen LogP contribution is 2.35. The molecule has 1 aliphatic heterocycles. The van der Waals surface area contributed by atoms with E-state index in [0.29, 0.717) is 5.92 Å². The second-order valence-corrected chi connectivity index (χ2v) is 4.51. The summed E-state index contributed by atoms with van der Waals surface area (Å²) in [6.07, 6.45) is 0. The van der Waals surface area contributed by atoms with Crippen molar-refractivity contribution in [2.45, 2.75) is 32.2 Å². The Bertz CT molecular complexity index is 315. The van der Waals surface area contributed by atoms with Crippen molar-refractivity contribution in [3.05, 3.63) is 35.4 Å². The Morgan fingerprint density at radius 2 is 2.00 bits per heavy atom. The maximum absolute atomic E-state index is 3.46.